The van der Waals surface area contributed by atoms with Gasteiger partial charge in [-0.3, -0.25) is 0 Å². The fourth-order valence-electron chi connectivity index (χ4n) is 15.1. The van der Waals surface area contributed by atoms with Crippen LogP contribution in [-0.2, 0) is 16.2 Å². The fraction of sp³-hybridized carbons (Fsp3) is 0.226. The number of rotatable bonds is 4. The molecule has 8 aromatic rings. The van der Waals surface area contributed by atoms with E-state index >= 15 is 0 Å². The molecule has 0 atom stereocenters. The van der Waals surface area contributed by atoms with Crippen molar-refractivity contribution in [3.63, 3.8) is 0 Å². The van der Waals surface area contributed by atoms with Gasteiger partial charge in [-0.2, -0.15) is 0 Å². The van der Waals surface area contributed by atoms with E-state index in [9.17, 15) is 0 Å². The van der Waals surface area contributed by atoms with Crippen molar-refractivity contribution in [2.75, 3.05) is 4.90 Å². The van der Waals surface area contributed by atoms with Crippen LogP contribution in [0.25, 0.3) is 33.4 Å². The summed E-state index contributed by atoms with van der Waals surface area (Å²) >= 11 is 0. The molecule has 0 aliphatic heterocycles. The van der Waals surface area contributed by atoms with E-state index in [2.05, 4.69) is 207 Å². The van der Waals surface area contributed by atoms with Crippen molar-refractivity contribution in [1.29, 1.82) is 0 Å². The van der Waals surface area contributed by atoms with E-state index in [1.165, 1.54) is 116 Å². The second-order valence-electron chi connectivity index (χ2n) is 20.4. The maximum absolute atomic E-state index is 2.72. The van der Waals surface area contributed by atoms with Crippen LogP contribution in [0.5, 0.6) is 0 Å². The molecular weight excluding hydrogens is 759 g/mol. The predicted molar refractivity (Wildman–Crippen MR) is 259 cm³/mol. The number of benzene rings is 8. The van der Waals surface area contributed by atoms with Gasteiger partial charge < -0.3 is 4.90 Å². The van der Waals surface area contributed by atoms with Gasteiger partial charge in [-0.05, 0) is 170 Å². The Labute approximate surface area is 372 Å². The summed E-state index contributed by atoms with van der Waals surface area (Å²) in [7, 11) is 0. The minimum absolute atomic E-state index is 0.0442. The molecule has 0 amide bonds. The molecule has 15 rings (SSSR count). The quantitative estimate of drug-likeness (QED) is 0.171. The SMILES string of the molecule is CC1(C)c2ccccc2-c2ccc(N(c3ccc(-c4ccccc4)cc3)c3ccc4c(c3)C3(c5ccccc5C45c4ccccc4-c4ccccc45)C4CC5CC(C4)CC3C5)cc21. The highest BCUT2D eigenvalue weighted by Gasteiger charge is 2.64. The van der Waals surface area contributed by atoms with Crippen molar-refractivity contribution in [1.82, 2.24) is 0 Å². The van der Waals surface area contributed by atoms with Crippen LogP contribution in [0.1, 0.15) is 90.5 Å². The standard InChI is InChI=1S/C62H51N/c1-60(2)52-19-9-6-16-48(52)51-30-28-46(37-58(51)60)63(45-26-24-42(25-27-45)41-14-4-3-5-15-41)47-29-31-57-59(38-47)61(43-33-39-32-40(35-43)36-44(61)34-39)55-22-12-13-23-56(55)62(57)53-20-10-7-17-49(53)50-18-8-11-21-54(50)62/h3-31,37-40,43-44H,32-36H2,1-2H3. The average molecular weight is 810 g/mol. The van der Waals surface area contributed by atoms with Crippen LogP contribution in [0.3, 0.4) is 0 Å². The summed E-state index contributed by atoms with van der Waals surface area (Å²) in [5, 5.41) is 0. The van der Waals surface area contributed by atoms with E-state index in [0.29, 0.717) is 11.8 Å². The lowest BCUT2D eigenvalue weighted by molar-refractivity contribution is -0.0440. The lowest BCUT2D eigenvalue weighted by atomic mass is 9.38. The maximum atomic E-state index is 2.72. The first-order valence-electron chi connectivity index (χ1n) is 23.6. The minimum Gasteiger partial charge on any atom is -0.310 e. The van der Waals surface area contributed by atoms with Gasteiger partial charge in [0.2, 0.25) is 0 Å². The van der Waals surface area contributed by atoms with Crippen LogP contribution >= 0.6 is 0 Å². The third-order valence-corrected chi connectivity index (χ3v) is 17.3. The molecule has 0 unspecified atom stereocenters. The van der Waals surface area contributed by atoms with Gasteiger partial charge in [-0.25, -0.2) is 0 Å². The van der Waals surface area contributed by atoms with Crippen molar-refractivity contribution in [3.8, 4) is 33.4 Å². The molecular formula is C62H51N. The highest BCUT2D eigenvalue weighted by atomic mass is 15.1. The number of anilines is 3. The summed E-state index contributed by atoms with van der Waals surface area (Å²) in [6.45, 7) is 4.81. The minimum atomic E-state index is -0.400. The number of hydrogen-bond acceptors (Lipinski definition) is 1. The van der Waals surface area contributed by atoms with E-state index in [1.54, 1.807) is 11.1 Å². The summed E-state index contributed by atoms with van der Waals surface area (Å²) in [4.78, 5) is 2.59. The molecule has 0 saturated heterocycles. The first-order chi connectivity index (χ1) is 31.0. The van der Waals surface area contributed by atoms with Gasteiger partial charge in [0, 0.05) is 27.9 Å². The Kier molecular flexibility index (Phi) is 7.35. The van der Waals surface area contributed by atoms with Crippen LogP contribution in [0, 0.1) is 23.7 Å². The molecule has 1 heteroatoms. The Balaban J connectivity index is 1.05. The first kappa shape index (κ1) is 36.1. The van der Waals surface area contributed by atoms with E-state index in [1.807, 2.05) is 0 Å². The lowest BCUT2D eigenvalue weighted by Gasteiger charge is -2.65. The lowest BCUT2D eigenvalue weighted by Crippen LogP contribution is -2.59. The van der Waals surface area contributed by atoms with Crippen molar-refractivity contribution >= 4 is 17.1 Å². The van der Waals surface area contributed by atoms with E-state index in [0.717, 1.165) is 11.8 Å². The first-order valence-corrected chi connectivity index (χ1v) is 23.6. The smallest absolute Gasteiger partial charge is 0.0719 e. The Bertz CT molecular complexity index is 3090. The second-order valence-corrected chi connectivity index (χ2v) is 20.4. The molecule has 2 spiro atoms. The van der Waals surface area contributed by atoms with Gasteiger partial charge in [0.05, 0.1) is 5.41 Å². The Morgan fingerprint density at radius 3 is 1.43 bits per heavy atom. The van der Waals surface area contributed by atoms with Gasteiger partial charge in [0.1, 0.15) is 0 Å². The normalized spacial score (nSPS) is 24.0. The van der Waals surface area contributed by atoms with Gasteiger partial charge in [0.15, 0.2) is 0 Å². The summed E-state index contributed by atoms with van der Waals surface area (Å²) in [5.74, 6) is 2.98. The zero-order valence-corrected chi connectivity index (χ0v) is 36.2. The molecule has 0 heterocycles. The summed E-state index contributed by atoms with van der Waals surface area (Å²) in [6.07, 6.45) is 6.81. The average Bonchev–Trinajstić information content (AvgIpc) is 3.75. The molecule has 0 N–H and O–H groups in total. The largest absolute Gasteiger partial charge is 0.310 e. The molecule has 7 aliphatic carbocycles. The molecule has 0 radical (unpaired) electrons. The van der Waals surface area contributed by atoms with Crippen LogP contribution < -0.4 is 4.90 Å². The number of nitrogens with zero attached hydrogens (tertiary/aromatic N) is 1. The summed E-state index contributed by atoms with van der Waals surface area (Å²) in [5.41, 5.74) is 22.9. The fourth-order valence-corrected chi connectivity index (χ4v) is 15.1. The van der Waals surface area contributed by atoms with E-state index < -0.39 is 5.41 Å². The Hall–Kier alpha value is -6.44. The molecule has 4 bridgehead atoms. The number of fused-ring (bicyclic) bond motifs is 12. The molecule has 1 nitrogen and oxygen atoms in total. The molecule has 8 aromatic carbocycles. The highest BCUT2D eigenvalue weighted by molar-refractivity contribution is 5.91. The van der Waals surface area contributed by atoms with Crippen LogP contribution in [0.15, 0.2) is 188 Å². The van der Waals surface area contributed by atoms with Gasteiger partial charge in [0.25, 0.3) is 0 Å². The Morgan fingerprint density at radius 1 is 0.349 bits per heavy atom. The van der Waals surface area contributed by atoms with Crippen molar-refractivity contribution in [2.24, 2.45) is 23.7 Å². The van der Waals surface area contributed by atoms with Crippen molar-refractivity contribution in [2.45, 2.75) is 62.2 Å². The third kappa shape index (κ3) is 4.63. The molecule has 304 valence electrons. The second kappa shape index (κ2) is 12.8. The van der Waals surface area contributed by atoms with Gasteiger partial charge >= 0.3 is 0 Å². The predicted octanol–water partition coefficient (Wildman–Crippen LogP) is 15.5. The zero-order valence-electron chi connectivity index (χ0n) is 36.2. The van der Waals surface area contributed by atoms with E-state index in [4.69, 9.17) is 0 Å². The van der Waals surface area contributed by atoms with Gasteiger partial charge in [-0.1, -0.05) is 166 Å². The summed E-state index contributed by atoms with van der Waals surface area (Å²) < 4.78 is 0. The zero-order chi connectivity index (χ0) is 41.7. The third-order valence-electron chi connectivity index (χ3n) is 17.3. The molecule has 7 aliphatic rings. The van der Waals surface area contributed by atoms with Crippen LogP contribution in [0.2, 0.25) is 0 Å². The van der Waals surface area contributed by atoms with Crippen molar-refractivity contribution in [3.05, 3.63) is 233 Å². The topological polar surface area (TPSA) is 3.24 Å². The Morgan fingerprint density at radius 2 is 0.794 bits per heavy atom. The number of hydrogen-bond donors (Lipinski definition) is 0. The van der Waals surface area contributed by atoms with Crippen LogP contribution in [0.4, 0.5) is 17.1 Å². The monoisotopic (exact) mass is 809 g/mol. The molecule has 0 aromatic heterocycles. The molecule has 63 heavy (non-hydrogen) atoms. The summed E-state index contributed by atoms with van der Waals surface area (Å²) in [6, 6.07) is 72.8. The highest BCUT2D eigenvalue weighted by Crippen LogP contribution is 2.72. The maximum Gasteiger partial charge on any atom is 0.0719 e. The molecule has 4 saturated carbocycles. The van der Waals surface area contributed by atoms with Crippen molar-refractivity contribution < 1.29 is 0 Å². The van der Waals surface area contributed by atoms with E-state index in [-0.39, 0.29) is 10.8 Å². The van der Waals surface area contributed by atoms with Crippen LogP contribution in [-0.4, -0.2) is 0 Å². The molecule has 4 fully saturated rings. The van der Waals surface area contributed by atoms with Gasteiger partial charge in [-0.15, -0.1) is 0 Å².